The van der Waals surface area contributed by atoms with Crippen LogP contribution in [0, 0.1) is 5.92 Å². The largest absolute Gasteiger partial charge is 0.489 e. The number of benzene rings is 1. The number of aromatic carboxylic acids is 1. The molecule has 2 heterocycles. The van der Waals surface area contributed by atoms with Gasteiger partial charge >= 0.3 is 5.97 Å². The normalized spacial score (nSPS) is 11.1. The van der Waals surface area contributed by atoms with E-state index < -0.39 is 5.97 Å². The fourth-order valence-corrected chi connectivity index (χ4v) is 2.41. The third kappa shape index (κ3) is 2.90. The maximum absolute atomic E-state index is 11.7. The SMILES string of the molecule is CC(C)COc1cccn2c(C(=O)O)c(-c3ccccc3)nc12. The first kappa shape index (κ1) is 15.1. The zero-order chi connectivity index (χ0) is 16.4. The monoisotopic (exact) mass is 310 g/mol. The van der Waals surface area contributed by atoms with E-state index >= 15 is 0 Å². The number of nitrogens with zero attached hydrogens (tertiary/aromatic N) is 2. The van der Waals surface area contributed by atoms with Crippen LogP contribution in [0.3, 0.4) is 0 Å². The topological polar surface area (TPSA) is 63.8 Å². The molecule has 0 bridgehead atoms. The van der Waals surface area contributed by atoms with Crippen LogP contribution < -0.4 is 4.74 Å². The number of imidazole rings is 1. The number of carbonyl (C=O) groups is 1. The second kappa shape index (κ2) is 6.12. The van der Waals surface area contributed by atoms with Crippen molar-refractivity contribution >= 4 is 11.6 Å². The molecule has 0 amide bonds. The number of aromatic nitrogens is 2. The molecule has 0 radical (unpaired) electrons. The molecule has 0 aliphatic rings. The van der Waals surface area contributed by atoms with E-state index in [0.717, 1.165) is 5.56 Å². The van der Waals surface area contributed by atoms with Crippen LogP contribution in [-0.4, -0.2) is 27.1 Å². The van der Waals surface area contributed by atoms with Crippen LogP contribution in [0.25, 0.3) is 16.9 Å². The number of pyridine rings is 1. The molecule has 0 aliphatic carbocycles. The summed E-state index contributed by atoms with van der Waals surface area (Å²) >= 11 is 0. The van der Waals surface area contributed by atoms with Crippen LogP contribution in [0.15, 0.2) is 48.7 Å². The first-order chi connectivity index (χ1) is 11.1. The molecule has 1 aromatic carbocycles. The highest BCUT2D eigenvalue weighted by molar-refractivity contribution is 5.95. The molecule has 5 nitrogen and oxygen atoms in total. The minimum Gasteiger partial charge on any atom is -0.489 e. The third-order valence-corrected chi connectivity index (χ3v) is 3.44. The molecule has 3 aromatic rings. The van der Waals surface area contributed by atoms with Gasteiger partial charge in [-0.05, 0) is 18.1 Å². The highest BCUT2D eigenvalue weighted by atomic mass is 16.5. The van der Waals surface area contributed by atoms with E-state index in [4.69, 9.17) is 4.74 Å². The summed E-state index contributed by atoms with van der Waals surface area (Å²) in [5.41, 5.74) is 1.87. The molecule has 0 saturated carbocycles. The molecule has 0 aliphatic heterocycles. The average Bonchev–Trinajstić information content (AvgIpc) is 2.93. The highest BCUT2D eigenvalue weighted by Crippen LogP contribution is 2.28. The molecule has 0 spiro atoms. The van der Waals surface area contributed by atoms with Crippen molar-refractivity contribution in [1.82, 2.24) is 9.38 Å². The van der Waals surface area contributed by atoms with Crippen LogP contribution in [0.4, 0.5) is 0 Å². The Morgan fingerprint density at radius 3 is 2.61 bits per heavy atom. The van der Waals surface area contributed by atoms with Crippen LogP contribution in [0.1, 0.15) is 24.3 Å². The molecule has 0 atom stereocenters. The molecular weight excluding hydrogens is 292 g/mol. The van der Waals surface area contributed by atoms with Gasteiger partial charge in [-0.3, -0.25) is 4.40 Å². The lowest BCUT2D eigenvalue weighted by Gasteiger charge is -2.09. The summed E-state index contributed by atoms with van der Waals surface area (Å²) in [6.07, 6.45) is 1.69. The van der Waals surface area contributed by atoms with E-state index in [2.05, 4.69) is 18.8 Å². The van der Waals surface area contributed by atoms with Crippen LogP contribution in [0.5, 0.6) is 5.75 Å². The predicted octanol–water partition coefficient (Wildman–Crippen LogP) is 3.73. The molecule has 0 unspecified atom stereocenters. The Balaban J connectivity index is 2.19. The van der Waals surface area contributed by atoms with Gasteiger partial charge < -0.3 is 9.84 Å². The first-order valence-electron chi connectivity index (χ1n) is 7.50. The molecule has 1 N–H and O–H groups in total. The Morgan fingerprint density at radius 2 is 1.96 bits per heavy atom. The van der Waals surface area contributed by atoms with E-state index in [1.54, 1.807) is 16.7 Å². The fraction of sp³-hybridized carbons (Fsp3) is 0.222. The molecule has 3 rings (SSSR count). The molecular formula is C18H18N2O3. The molecule has 118 valence electrons. The van der Waals surface area contributed by atoms with Crippen LogP contribution in [0.2, 0.25) is 0 Å². The van der Waals surface area contributed by atoms with Gasteiger partial charge in [-0.15, -0.1) is 0 Å². The van der Waals surface area contributed by atoms with Crippen LogP contribution in [-0.2, 0) is 0 Å². The Morgan fingerprint density at radius 1 is 1.22 bits per heavy atom. The summed E-state index contributed by atoms with van der Waals surface area (Å²) in [4.78, 5) is 16.3. The van der Waals surface area contributed by atoms with Gasteiger partial charge in [0.25, 0.3) is 0 Å². The number of hydrogen-bond acceptors (Lipinski definition) is 3. The predicted molar refractivity (Wildman–Crippen MR) is 87.9 cm³/mol. The lowest BCUT2D eigenvalue weighted by Crippen LogP contribution is -2.07. The quantitative estimate of drug-likeness (QED) is 0.780. The summed E-state index contributed by atoms with van der Waals surface area (Å²) in [7, 11) is 0. The number of ether oxygens (including phenoxy) is 1. The summed E-state index contributed by atoms with van der Waals surface area (Å²) in [6, 6.07) is 12.9. The van der Waals surface area contributed by atoms with Crippen molar-refractivity contribution in [2.24, 2.45) is 5.92 Å². The Bertz CT molecular complexity index is 838. The van der Waals surface area contributed by atoms with Crippen molar-refractivity contribution in [2.45, 2.75) is 13.8 Å². The first-order valence-corrected chi connectivity index (χ1v) is 7.50. The van der Waals surface area contributed by atoms with Crippen molar-refractivity contribution < 1.29 is 14.6 Å². The van der Waals surface area contributed by atoms with Gasteiger partial charge in [0.05, 0.1) is 6.61 Å². The number of hydrogen-bond donors (Lipinski definition) is 1. The molecule has 2 aromatic heterocycles. The number of fused-ring (bicyclic) bond motifs is 1. The van der Waals surface area contributed by atoms with Gasteiger partial charge in [-0.1, -0.05) is 44.2 Å². The molecule has 5 heteroatoms. The van der Waals surface area contributed by atoms with Gasteiger partial charge in [0.15, 0.2) is 17.1 Å². The third-order valence-electron chi connectivity index (χ3n) is 3.44. The number of carboxylic acid groups (broad SMARTS) is 1. The highest BCUT2D eigenvalue weighted by Gasteiger charge is 2.21. The van der Waals surface area contributed by atoms with Gasteiger partial charge in [0, 0.05) is 11.8 Å². The van der Waals surface area contributed by atoms with Gasteiger partial charge in [-0.25, -0.2) is 9.78 Å². The molecule has 0 saturated heterocycles. The molecule has 0 fully saturated rings. The van der Waals surface area contributed by atoms with Gasteiger partial charge in [0.2, 0.25) is 0 Å². The smallest absolute Gasteiger partial charge is 0.355 e. The summed E-state index contributed by atoms with van der Waals surface area (Å²) in [5, 5.41) is 9.62. The van der Waals surface area contributed by atoms with Gasteiger partial charge in [0.1, 0.15) is 5.69 Å². The maximum atomic E-state index is 11.7. The maximum Gasteiger partial charge on any atom is 0.355 e. The van der Waals surface area contributed by atoms with Crippen molar-refractivity contribution in [2.75, 3.05) is 6.61 Å². The zero-order valence-electron chi connectivity index (χ0n) is 13.1. The van der Waals surface area contributed by atoms with E-state index in [1.165, 1.54) is 0 Å². The lowest BCUT2D eigenvalue weighted by atomic mass is 10.1. The van der Waals surface area contributed by atoms with E-state index in [0.29, 0.717) is 29.6 Å². The standard InChI is InChI=1S/C18H18N2O3/c1-12(2)11-23-14-9-6-10-20-16(18(21)22)15(19-17(14)20)13-7-4-3-5-8-13/h3-10,12H,11H2,1-2H3,(H,21,22). The summed E-state index contributed by atoms with van der Waals surface area (Å²) in [5.74, 6) is -0.0546. The van der Waals surface area contributed by atoms with Crippen molar-refractivity contribution in [3.05, 3.63) is 54.4 Å². The zero-order valence-corrected chi connectivity index (χ0v) is 13.1. The van der Waals surface area contributed by atoms with Crippen molar-refractivity contribution in [1.29, 1.82) is 0 Å². The Hall–Kier alpha value is -2.82. The van der Waals surface area contributed by atoms with Crippen molar-refractivity contribution in [3.8, 4) is 17.0 Å². The Kier molecular flexibility index (Phi) is 4.02. The van der Waals surface area contributed by atoms with E-state index in [-0.39, 0.29) is 5.69 Å². The minimum atomic E-state index is -1.02. The summed E-state index contributed by atoms with van der Waals surface area (Å²) in [6.45, 7) is 4.67. The van der Waals surface area contributed by atoms with Crippen LogP contribution >= 0.6 is 0 Å². The second-order valence-corrected chi connectivity index (χ2v) is 5.75. The number of carboxylic acids is 1. The van der Waals surface area contributed by atoms with Gasteiger partial charge in [-0.2, -0.15) is 0 Å². The van der Waals surface area contributed by atoms with Crippen molar-refractivity contribution in [3.63, 3.8) is 0 Å². The second-order valence-electron chi connectivity index (χ2n) is 5.75. The fourth-order valence-electron chi connectivity index (χ4n) is 2.41. The van der Waals surface area contributed by atoms with E-state index in [9.17, 15) is 9.90 Å². The Labute approximate surface area is 134 Å². The molecule has 23 heavy (non-hydrogen) atoms. The lowest BCUT2D eigenvalue weighted by molar-refractivity contribution is 0.0690. The minimum absolute atomic E-state index is 0.140. The van der Waals surface area contributed by atoms with E-state index in [1.807, 2.05) is 36.4 Å². The average molecular weight is 310 g/mol. The summed E-state index contributed by atoms with van der Waals surface area (Å²) < 4.78 is 7.36. The number of rotatable bonds is 5.